The van der Waals surface area contributed by atoms with E-state index in [4.69, 9.17) is 21.6 Å². The number of halogens is 1. The minimum atomic E-state index is -0.281. The molecule has 0 unspecified atom stereocenters. The molecule has 2 N–H and O–H groups in total. The first-order chi connectivity index (χ1) is 22.9. The van der Waals surface area contributed by atoms with E-state index in [2.05, 4.69) is 63.5 Å². The number of pyridine rings is 1. The van der Waals surface area contributed by atoms with Gasteiger partial charge in [-0.25, -0.2) is 15.0 Å². The van der Waals surface area contributed by atoms with Crippen molar-refractivity contribution < 1.29 is 4.79 Å². The van der Waals surface area contributed by atoms with Crippen molar-refractivity contribution in [2.24, 2.45) is 0 Å². The van der Waals surface area contributed by atoms with Crippen molar-refractivity contribution in [1.29, 1.82) is 0 Å². The Kier molecular flexibility index (Phi) is 8.56. The van der Waals surface area contributed by atoms with E-state index in [0.29, 0.717) is 34.0 Å². The second-order valence-corrected chi connectivity index (χ2v) is 12.2. The van der Waals surface area contributed by atoms with Crippen LogP contribution < -0.4 is 15.5 Å². The Bertz CT molecular complexity index is 2030. The Morgan fingerprint density at radius 2 is 1.62 bits per heavy atom. The zero-order chi connectivity index (χ0) is 32.3. The van der Waals surface area contributed by atoms with Gasteiger partial charge in [0, 0.05) is 67.2 Å². The van der Waals surface area contributed by atoms with Crippen molar-refractivity contribution in [2.75, 3.05) is 41.7 Å². The fourth-order valence-electron chi connectivity index (χ4n) is 5.96. The molecule has 236 valence electrons. The Balaban J connectivity index is 1.15. The maximum atomic E-state index is 13.0. The van der Waals surface area contributed by atoms with Gasteiger partial charge in [0.25, 0.3) is 5.91 Å². The summed E-state index contributed by atoms with van der Waals surface area (Å²) in [5, 5.41) is 6.75. The van der Waals surface area contributed by atoms with Gasteiger partial charge in [0.15, 0.2) is 0 Å². The van der Waals surface area contributed by atoms with Crippen LogP contribution in [0, 0.1) is 0 Å². The van der Waals surface area contributed by atoms with E-state index in [1.807, 2.05) is 59.1 Å². The van der Waals surface area contributed by atoms with Crippen LogP contribution in [0.2, 0.25) is 5.02 Å². The highest BCUT2D eigenvalue weighted by molar-refractivity contribution is 6.34. The molecule has 3 aromatic heterocycles. The third kappa shape index (κ3) is 6.54. The number of benzene rings is 3. The van der Waals surface area contributed by atoms with Gasteiger partial charge in [-0.1, -0.05) is 41.9 Å². The van der Waals surface area contributed by atoms with Crippen LogP contribution in [0.1, 0.15) is 24.2 Å². The third-order valence-electron chi connectivity index (χ3n) is 8.47. The van der Waals surface area contributed by atoms with Crippen LogP contribution in [0.25, 0.3) is 28.3 Å². The summed E-state index contributed by atoms with van der Waals surface area (Å²) in [5.41, 5.74) is 7.04. The topological polar surface area (TPSA) is 90.7 Å². The molecule has 1 fully saturated rings. The smallest absolute Gasteiger partial charge is 0.257 e. The molecule has 1 saturated heterocycles. The number of imidazole rings is 1. The van der Waals surface area contributed by atoms with Crippen LogP contribution in [-0.2, 0) is 0 Å². The van der Waals surface area contributed by atoms with Gasteiger partial charge in [-0.05, 0) is 80.6 Å². The van der Waals surface area contributed by atoms with Crippen LogP contribution >= 0.6 is 11.6 Å². The van der Waals surface area contributed by atoms with Gasteiger partial charge in [-0.2, -0.15) is 0 Å². The number of anilines is 4. The highest BCUT2D eigenvalue weighted by atomic mass is 35.5. The predicted octanol–water partition coefficient (Wildman–Crippen LogP) is 7.64. The van der Waals surface area contributed by atoms with Crippen molar-refractivity contribution in [3.8, 4) is 22.6 Å². The Morgan fingerprint density at radius 1 is 0.830 bits per heavy atom. The number of carbonyl (C=O) groups is 1. The number of hydrogen-bond donors (Lipinski definition) is 2. The predicted molar refractivity (Wildman–Crippen MR) is 190 cm³/mol. The highest BCUT2D eigenvalue weighted by Crippen LogP contribution is 2.34. The van der Waals surface area contributed by atoms with E-state index < -0.39 is 0 Å². The quantitative estimate of drug-likeness (QED) is 0.176. The summed E-state index contributed by atoms with van der Waals surface area (Å²) in [4.78, 5) is 32.4. The SMILES string of the molecule is CC(C)N1CCN(c2ccc(Nc3nccc(-c4c(-c5cccc(NC(=O)c6ccccc6Cl)c5)nc5ccccn45)n3)cc2)CC1. The minimum absolute atomic E-state index is 0.281. The molecule has 47 heavy (non-hydrogen) atoms. The Labute approximate surface area is 278 Å². The number of fused-ring (bicyclic) bond motifs is 1. The summed E-state index contributed by atoms with van der Waals surface area (Å²) in [7, 11) is 0. The number of aromatic nitrogens is 4. The molecule has 1 aliphatic rings. The molecule has 6 aromatic rings. The third-order valence-corrected chi connectivity index (χ3v) is 8.80. The molecule has 7 rings (SSSR count). The van der Waals surface area contributed by atoms with Crippen molar-refractivity contribution >= 4 is 46.2 Å². The molecule has 3 aromatic carbocycles. The molecule has 9 nitrogen and oxygen atoms in total. The van der Waals surface area contributed by atoms with E-state index in [1.165, 1.54) is 5.69 Å². The fourth-order valence-corrected chi connectivity index (χ4v) is 6.18. The highest BCUT2D eigenvalue weighted by Gasteiger charge is 2.20. The van der Waals surface area contributed by atoms with Gasteiger partial charge >= 0.3 is 0 Å². The van der Waals surface area contributed by atoms with E-state index in [0.717, 1.165) is 54.5 Å². The molecule has 0 bridgehead atoms. The number of nitrogens with one attached hydrogen (secondary N) is 2. The second kappa shape index (κ2) is 13.2. The van der Waals surface area contributed by atoms with E-state index >= 15 is 0 Å². The Hall–Kier alpha value is -5.25. The van der Waals surface area contributed by atoms with Gasteiger partial charge in [0.2, 0.25) is 5.95 Å². The molecule has 0 aliphatic carbocycles. The Morgan fingerprint density at radius 3 is 2.40 bits per heavy atom. The van der Waals surface area contributed by atoms with Crippen LogP contribution in [0.15, 0.2) is 109 Å². The molecule has 10 heteroatoms. The van der Waals surface area contributed by atoms with Crippen LogP contribution in [0.4, 0.5) is 23.0 Å². The summed E-state index contributed by atoms with van der Waals surface area (Å²) in [6, 6.07) is 31.4. The monoisotopic (exact) mass is 642 g/mol. The molecule has 0 saturated carbocycles. The lowest BCUT2D eigenvalue weighted by atomic mass is 10.1. The van der Waals surface area contributed by atoms with Gasteiger partial charge in [0.05, 0.1) is 27.7 Å². The first-order valence-electron chi connectivity index (χ1n) is 15.8. The number of rotatable bonds is 8. The molecule has 0 atom stereocenters. The van der Waals surface area contributed by atoms with Crippen molar-refractivity contribution in [3.63, 3.8) is 0 Å². The summed E-state index contributed by atoms with van der Waals surface area (Å²) in [6.45, 7) is 8.71. The second-order valence-electron chi connectivity index (χ2n) is 11.8. The molecule has 1 amide bonds. The van der Waals surface area contributed by atoms with E-state index in [9.17, 15) is 4.79 Å². The summed E-state index contributed by atoms with van der Waals surface area (Å²) in [5.74, 6) is 0.203. The standard InChI is InChI=1S/C37H35ClN8O/c1-25(2)44-20-22-45(23-21-44)29-15-13-27(14-16-29)41-37-39-18-17-32(42-37)35-34(43-33-12-5-6-19-46(33)35)26-8-7-9-28(24-26)40-36(47)30-10-3-4-11-31(30)38/h3-19,24-25H,20-23H2,1-2H3,(H,40,47)(H,39,41,42). The molecular weight excluding hydrogens is 608 g/mol. The molecule has 4 heterocycles. The number of amides is 1. The first kappa shape index (κ1) is 30.4. The van der Waals surface area contributed by atoms with Gasteiger partial charge in [-0.3, -0.25) is 14.1 Å². The van der Waals surface area contributed by atoms with Crippen LogP contribution in [-0.4, -0.2) is 62.4 Å². The lowest BCUT2D eigenvalue weighted by Gasteiger charge is -2.38. The minimum Gasteiger partial charge on any atom is -0.369 e. The van der Waals surface area contributed by atoms with Crippen molar-refractivity contribution in [2.45, 2.75) is 19.9 Å². The van der Waals surface area contributed by atoms with E-state index in [1.54, 1.807) is 30.5 Å². The zero-order valence-corrected chi connectivity index (χ0v) is 27.0. The van der Waals surface area contributed by atoms with Crippen molar-refractivity contribution in [3.05, 3.63) is 120 Å². The van der Waals surface area contributed by atoms with E-state index in [-0.39, 0.29) is 5.91 Å². The molecule has 0 spiro atoms. The number of nitrogens with zero attached hydrogens (tertiary/aromatic N) is 6. The zero-order valence-electron chi connectivity index (χ0n) is 26.3. The lowest BCUT2D eigenvalue weighted by Crippen LogP contribution is -2.48. The number of piperazine rings is 1. The summed E-state index contributed by atoms with van der Waals surface area (Å²) < 4.78 is 2.02. The number of hydrogen-bond acceptors (Lipinski definition) is 7. The normalized spacial score (nSPS) is 13.7. The molecular formula is C37H35ClN8O. The van der Waals surface area contributed by atoms with Gasteiger partial charge in [-0.15, -0.1) is 0 Å². The maximum absolute atomic E-state index is 13.0. The molecule has 1 aliphatic heterocycles. The van der Waals surface area contributed by atoms with Gasteiger partial charge in [0.1, 0.15) is 5.65 Å². The largest absolute Gasteiger partial charge is 0.369 e. The average Bonchev–Trinajstić information content (AvgIpc) is 3.49. The summed E-state index contributed by atoms with van der Waals surface area (Å²) in [6.07, 6.45) is 3.72. The first-order valence-corrected chi connectivity index (χ1v) is 16.1. The lowest BCUT2D eigenvalue weighted by molar-refractivity contribution is 0.102. The van der Waals surface area contributed by atoms with Crippen LogP contribution in [0.5, 0.6) is 0 Å². The fraction of sp³-hybridized carbons (Fsp3) is 0.189. The molecule has 0 radical (unpaired) electrons. The van der Waals surface area contributed by atoms with Crippen molar-refractivity contribution in [1.82, 2.24) is 24.3 Å². The maximum Gasteiger partial charge on any atom is 0.257 e. The summed E-state index contributed by atoms with van der Waals surface area (Å²) >= 11 is 6.27. The van der Waals surface area contributed by atoms with Gasteiger partial charge < -0.3 is 15.5 Å². The average molecular weight is 643 g/mol. The number of carbonyl (C=O) groups excluding carboxylic acids is 1. The van der Waals surface area contributed by atoms with Crippen LogP contribution in [0.3, 0.4) is 0 Å².